The number of Topliss-reactive ketones (excluding diaryl/α,β-unsaturated/α-hetero) is 1. The minimum absolute atomic E-state index is 0.103. The predicted octanol–water partition coefficient (Wildman–Crippen LogP) is 6.23. The third-order valence-electron chi connectivity index (χ3n) is 9.37. The van der Waals surface area contributed by atoms with Gasteiger partial charge in [0.05, 0.1) is 12.1 Å². The standard InChI is InChI=1S/C40H51N3O5/c1-26(2)33(25-27(3)39(47)48)43(8)38(46)36(42-37(45)34(41-7)28(4)29-17-12-9-10-13-18-29)40(5,6)32-22-16-21-31(23-24-32)35(44)30-19-14-11-15-20-30/h9,11-26,28,32-34,36,41H,10H2,1-8H3,(H,42,45)(H,47,48)/b27-25+/t28?,32?,33-,34+,36?/m1/s1. The topological polar surface area (TPSA) is 116 Å². The first-order chi connectivity index (χ1) is 22.7. The molecule has 3 N–H and O–H groups in total. The number of hydrogen-bond acceptors (Lipinski definition) is 5. The molecule has 0 aromatic heterocycles. The fourth-order valence-electron chi connectivity index (χ4n) is 6.13. The van der Waals surface area contributed by atoms with E-state index in [9.17, 15) is 24.3 Å². The maximum absolute atomic E-state index is 14.6. The maximum atomic E-state index is 14.6. The molecule has 8 nitrogen and oxygen atoms in total. The Hall–Kier alpha value is -4.56. The van der Waals surface area contributed by atoms with Crippen molar-refractivity contribution in [3.63, 3.8) is 0 Å². The number of allylic oxidation sites excluding steroid dienone is 11. The number of aliphatic carboxylic acids is 1. The number of nitrogens with zero attached hydrogens (tertiary/aromatic N) is 1. The molecule has 1 aromatic rings. The number of carbonyl (C=O) groups is 4. The molecule has 0 aliphatic heterocycles. The van der Waals surface area contributed by atoms with Gasteiger partial charge in [0.1, 0.15) is 6.04 Å². The van der Waals surface area contributed by atoms with Crippen molar-refractivity contribution in [3.05, 3.63) is 119 Å². The summed E-state index contributed by atoms with van der Waals surface area (Å²) in [5.74, 6) is -2.51. The normalized spacial score (nSPS) is 18.9. The number of carboxylic acid groups (broad SMARTS) is 1. The summed E-state index contributed by atoms with van der Waals surface area (Å²) in [6, 6.07) is 6.86. The number of carboxylic acids is 1. The Bertz CT molecular complexity index is 1560. The Labute approximate surface area is 285 Å². The van der Waals surface area contributed by atoms with Gasteiger partial charge in [0, 0.05) is 41.0 Å². The molecule has 0 saturated heterocycles. The number of likely N-dealkylation sites (N-methyl/N-ethyl adjacent to an activating group) is 2. The summed E-state index contributed by atoms with van der Waals surface area (Å²) in [5, 5.41) is 15.9. The lowest BCUT2D eigenvalue weighted by Crippen LogP contribution is -2.61. The number of carbonyl (C=O) groups excluding carboxylic acids is 3. The van der Waals surface area contributed by atoms with Crippen molar-refractivity contribution in [2.75, 3.05) is 14.1 Å². The SMILES string of the molecule is CN[C@H](C(=O)NC(C(=O)N(C)[C@H](/C=C(\C)C(=O)O)C(C)C)C(C)(C)C1C=CC=C(C(=O)c2ccccc2)C=C1)C(C)C1=CC=CCC=C1. The Morgan fingerprint density at radius 1 is 0.979 bits per heavy atom. The van der Waals surface area contributed by atoms with E-state index in [4.69, 9.17) is 0 Å². The first-order valence-electron chi connectivity index (χ1n) is 16.6. The van der Waals surface area contributed by atoms with Crippen LogP contribution < -0.4 is 10.6 Å². The highest BCUT2D eigenvalue weighted by Gasteiger charge is 2.44. The highest BCUT2D eigenvalue weighted by molar-refractivity contribution is 6.10. The Morgan fingerprint density at radius 3 is 2.29 bits per heavy atom. The maximum Gasteiger partial charge on any atom is 0.331 e. The number of rotatable bonds is 14. The van der Waals surface area contributed by atoms with Gasteiger partial charge in [-0.2, -0.15) is 0 Å². The number of benzene rings is 1. The Balaban J connectivity index is 2.02. The van der Waals surface area contributed by atoms with Crippen LogP contribution in [-0.2, 0) is 14.4 Å². The molecule has 5 atom stereocenters. The van der Waals surface area contributed by atoms with Gasteiger partial charge < -0.3 is 20.6 Å². The van der Waals surface area contributed by atoms with E-state index in [-0.39, 0.29) is 40.9 Å². The van der Waals surface area contributed by atoms with E-state index in [1.54, 1.807) is 44.5 Å². The van der Waals surface area contributed by atoms with Crippen molar-refractivity contribution in [1.82, 2.24) is 15.5 Å². The number of hydrogen-bond donors (Lipinski definition) is 3. The lowest BCUT2D eigenvalue weighted by atomic mass is 9.71. The summed E-state index contributed by atoms with van der Waals surface area (Å²) in [5.41, 5.74) is 1.32. The quantitative estimate of drug-likeness (QED) is 0.162. The van der Waals surface area contributed by atoms with E-state index in [2.05, 4.69) is 16.7 Å². The molecule has 0 heterocycles. The number of amides is 2. The van der Waals surface area contributed by atoms with Gasteiger partial charge in [-0.1, -0.05) is 132 Å². The zero-order chi connectivity index (χ0) is 35.6. The van der Waals surface area contributed by atoms with Crippen molar-refractivity contribution in [2.45, 2.75) is 66.1 Å². The predicted molar refractivity (Wildman–Crippen MR) is 192 cm³/mol. The van der Waals surface area contributed by atoms with Gasteiger partial charge in [0.2, 0.25) is 11.8 Å². The second-order valence-electron chi connectivity index (χ2n) is 13.5. The van der Waals surface area contributed by atoms with Crippen LogP contribution in [0.5, 0.6) is 0 Å². The van der Waals surface area contributed by atoms with Crippen LogP contribution >= 0.6 is 0 Å². The molecule has 256 valence electrons. The summed E-state index contributed by atoms with van der Waals surface area (Å²) in [6.07, 6.45) is 21.7. The molecule has 0 radical (unpaired) electrons. The monoisotopic (exact) mass is 653 g/mol. The van der Waals surface area contributed by atoms with Gasteiger partial charge in [0.15, 0.2) is 5.78 Å². The first kappa shape index (κ1) is 37.9. The van der Waals surface area contributed by atoms with Gasteiger partial charge in [-0.25, -0.2) is 4.79 Å². The zero-order valence-corrected chi connectivity index (χ0v) is 29.4. The number of nitrogens with one attached hydrogen (secondary N) is 2. The van der Waals surface area contributed by atoms with Crippen LogP contribution in [0.25, 0.3) is 0 Å². The van der Waals surface area contributed by atoms with Crippen LogP contribution in [0.3, 0.4) is 0 Å². The minimum Gasteiger partial charge on any atom is -0.478 e. The highest BCUT2D eigenvalue weighted by atomic mass is 16.4. The summed E-state index contributed by atoms with van der Waals surface area (Å²) in [6.45, 7) is 11.2. The largest absolute Gasteiger partial charge is 0.478 e. The van der Waals surface area contributed by atoms with Gasteiger partial charge in [-0.15, -0.1) is 0 Å². The zero-order valence-electron chi connectivity index (χ0n) is 29.4. The van der Waals surface area contributed by atoms with E-state index in [0.717, 1.165) is 12.0 Å². The van der Waals surface area contributed by atoms with E-state index >= 15 is 0 Å². The highest BCUT2D eigenvalue weighted by Crippen LogP contribution is 2.36. The second-order valence-corrected chi connectivity index (χ2v) is 13.5. The van der Waals surface area contributed by atoms with Gasteiger partial charge in [-0.05, 0) is 31.9 Å². The molecule has 2 aliphatic rings. The van der Waals surface area contributed by atoms with Crippen LogP contribution in [0.15, 0.2) is 114 Å². The van der Waals surface area contributed by atoms with E-state index < -0.39 is 29.5 Å². The van der Waals surface area contributed by atoms with E-state index in [1.807, 2.05) is 95.3 Å². The molecule has 2 amide bonds. The van der Waals surface area contributed by atoms with Crippen molar-refractivity contribution in [1.29, 1.82) is 0 Å². The molecule has 48 heavy (non-hydrogen) atoms. The fraction of sp³-hybridized carbons (Fsp3) is 0.400. The average Bonchev–Trinajstić information content (AvgIpc) is 3.50. The molecule has 2 aliphatic carbocycles. The summed E-state index contributed by atoms with van der Waals surface area (Å²) in [4.78, 5) is 55.3. The third kappa shape index (κ3) is 9.28. The van der Waals surface area contributed by atoms with Crippen LogP contribution in [0.2, 0.25) is 0 Å². The summed E-state index contributed by atoms with van der Waals surface area (Å²) in [7, 11) is 3.38. The van der Waals surface area contributed by atoms with E-state index in [1.165, 1.54) is 11.8 Å². The third-order valence-corrected chi connectivity index (χ3v) is 9.37. The first-order valence-corrected chi connectivity index (χ1v) is 16.6. The number of ketones is 1. The summed E-state index contributed by atoms with van der Waals surface area (Å²) < 4.78 is 0. The molecule has 0 spiro atoms. The molecule has 0 bridgehead atoms. The minimum atomic E-state index is -1.06. The van der Waals surface area contributed by atoms with E-state index in [0.29, 0.717) is 11.1 Å². The second kappa shape index (κ2) is 17.0. The molecule has 0 saturated carbocycles. The van der Waals surface area contributed by atoms with Crippen molar-refractivity contribution >= 4 is 23.6 Å². The molecular formula is C40H51N3O5. The van der Waals surface area contributed by atoms with Crippen molar-refractivity contribution < 1.29 is 24.3 Å². The van der Waals surface area contributed by atoms with Crippen LogP contribution in [0, 0.1) is 23.2 Å². The van der Waals surface area contributed by atoms with Gasteiger partial charge >= 0.3 is 5.97 Å². The molecule has 1 aromatic carbocycles. The van der Waals surface area contributed by atoms with Crippen LogP contribution in [0.4, 0.5) is 0 Å². The summed E-state index contributed by atoms with van der Waals surface area (Å²) >= 11 is 0. The van der Waals surface area contributed by atoms with Crippen molar-refractivity contribution in [2.24, 2.45) is 23.2 Å². The van der Waals surface area contributed by atoms with Gasteiger partial charge in [-0.3, -0.25) is 14.4 Å². The lowest BCUT2D eigenvalue weighted by molar-refractivity contribution is -0.141. The molecular weight excluding hydrogens is 602 g/mol. The van der Waals surface area contributed by atoms with Crippen molar-refractivity contribution in [3.8, 4) is 0 Å². The molecule has 3 unspecified atom stereocenters. The average molecular weight is 654 g/mol. The van der Waals surface area contributed by atoms with Crippen LogP contribution in [0.1, 0.15) is 58.3 Å². The molecule has 3 rings (SSSR count). The fourth-order valence-corrected chi connectivity index (χ4v) is 6.13. The lowest BCUT2D eigenvalue weighted by Gasteiger charge is -2.42. The Kier molecular flexibility index (Phi) is 13.4. The smallest absolute Gasteiger partial charge is 0.331 e. The van der Waals surface area contributed by atoms with Gasteiger partial charge in [0.25, 0.3) is 0 Å². The molecule has 0 fully saturated rings. The molecule has 8 heteroatoms. The van der Waals surface area contributed by atoms with Crippen LogP contribution in [-0.4, -0.2) is 65.8 Å². The Morgan fingerprint density at radius 2 is 1.67 bits per heavy atom.